The molecule has 0 nitrogen and oxygen atoms in total. The van der Waals surface area contributed by atoms with Crippen molar-refractivity contribution in [1.29, 1.82) is 0 Å². The zero-order chi connectivity index (χ0) is 7.68. The Hall–Kier alpha value is -0.690. The van der Waals surface area contributed by atoms with E-state index in [9.17, 15) is 0 Å². The highest BCUT2D eigenvalue weighted by Gasteiger charge is 2.13. The van der Waals surface area contributed by atoms with Gasteiger partial charge in [-0.1, -0.05) is 36.0 Å². The minimum absolute atomic E-state index is 1.14. The third-order valence-electron chi connectivity index (χ3n) is 1.90. The molecule has 0 bridgehead atoms. The molecule has 0 atom stereocenters. The summed E-state index contributed by atoms with van der Waals surface area (Å²) in [4.78, 5) is 2.91. The maximum Gasteiger partial charge on any atom is 0.0154 e. The zero-order valence-corrected chi connectivity index (χ0v) is 7.32. The maximum atomic E-state index is 2.21. The van der Waals surface area contributed by atoms with Crippen molar-refractivity contribution in [3.63, 3.8) is 0 Å². The monoisotopic (exact) mass is 162 g/mol. The Labute approximate surface area is 71.3 Å². The van der Waals surface area contributed by atoms with Crippen molar-refractivity contribution >= 4 is 11.8 Å². The van der Waals surface area contributed by atoms with E-state index in [2.05, 4.69) is 37.3 Å². The van der Waals surface area contributed by atoms with E-state index < -0.39 is 0 Å². The van der Waals surface area contributed by atoms with E-state index in [0.717, 1.165) is 6.42 Å². The van der Waals surface area contributed by atoms with Gasteiger partial charge in [0.1, 0.15) is 0 Å². The second kappa shape index (κ2) is 2.74. The molecular weight excluding hydrogens is 152 g/mol. The molecule has 2 rings (SSSR count). The number of allylic oxidation sites excluding steroid dienone is 2. The summed E-state index contributed by atoms with van der Waals surface area (Å²) in [5.74, 6) is 0. The number of rotatable bonds is 0. The van der Waals surface area contributed by atoms with Gasteiger partial charge in [-0.25, -0.2) is 0 Å². The largest absolute Gasteiger partial charge is 0.0942 e. The molecule has 0 unspecified atom stereocenters. The van der Waals surface area contributed by atoms with Crippen LogP contribution >= 0.6 is 11.8 Å². The summed E-state index contributed by atoms with van der Waals surface area (Å²) in [6.45, 7) is 2.11. The first-order valence-electron chi connectivity index (χ1n) is 3.81. The van der Waals surface area contributed by atoms with E-state index in [1.165, 1.54) is 15.4 Å². The SMILES string of the molecule is C/C=C1\Cc2ccccc2S1. The minimum Gasteiger partial charge on any atom is -0.0942 e. The molecule has 0 saturated heterocycles. The van der Waals surface area contributed by atoms with Gasteiger partial charge in [0.15, 0.2) is 0 Å². The lowest BCUT2D eigenvalue weighted by Gasteiger charge is -1.91. The molecule has 0 spiro atoms. The fourth-order valence-electron chi connectivity index (χ4n) is 1.28. The third-order valence-corrected chi connectivity index (χ3v) is 3.16. The number of hydrogen-bond donors (Lipinski definition) is 0. The molecule has 0 radical (unpaired) electrons. The average Bonchev–Trinajstić information content (AvgIpc) is 2.46. The molecule has 0 amide bonds. The summed E-state index contributed by atoms with van der Waals surface area (Å²) in [6, 6.07) is 8.61. The molecule has 0 aromatic heterocycles. The highest BCUT2D eigenvalue weighted by atomic mass is 32.2. The van der Waals surface area contributed by atoms with Gasteiger partial charge in [-0.3, -0.25) is 0 Å². The smallest absolute Gasteiger partial charge is 0.0154 e. The van der Waals surface area contributed by atoms with Crippen LogP contribution in [0.5, 0.6) is 0 Å². The second-order valence-electron chi connectivity index (χ2n) is 2.64. The van der Waals surface area contributed by atoms with Gasteiger partial charge in [-0.2, -0.15) is 0 Å². The fourth-order valence-corrected chi connectivity index (χ4v) is 2.32. The summed E-state index contributed by atoms with van der Waals surface area (Å²) < 4.78 is 0. The quantitative estimate of drug-likeness (QED) is 0.564. The van der Waals surface area contributed by atoms with Crippen molar-refractivity contribution in [2.45, 2.75) is 18.2 Å². The lowest BCUT2D eigenvalue weighted by atomic mass is 10.1. The van der Waals surface area contributed by atoms with Crippen LogP contribution in [-0.4, -0.2) is 0 Å². The highest BCUT2D eigenvalue weighted by molar-refractivity contribution is 8.03. The number of thioether (sulfide) groups is 1. The Bertz CT molecular complexity index is 272. The van der Waals surface area contributed by atoms with E-state index in [4.69, 9.17) is 0 Å². The van der Waals surface area contributed by atoms with Crippen LogP contribution < -0.4 is 0 Å². The van der Waals surface area contributed by atoms with Gasteiger partial charge in [-0.15, -0.1) is 0 Å². The van der Waals surface area contributed by atoms with Crippen molar-refractivity contribution in [3.8, 4) is 0 Å². The first-order chi connectivity index (χ1) is 5.40. The van der Waals surface area contributed by atoms with Crippen LogP contribution in [0.4, 0.5) is 0 Å². The number of fused-ring (bicyclic) bond motifs is 1. The van der Waals surface area contributed by atoms with Crippen LogP contribution in [0, 0.1) is 0 Å². The van der Waals surface area contributed by atoms with Crippen molar-refractivity contribution in [2.24, 2.45) is 0 Å². The van der Waals surface area contributed by atoms with Gasteiger partial charge >= 0.3 is 0 Å². The molecule has 1 aliphatic heterocycles. The summed E-state index contributed by atoms with van der Waals surface area (Å²) in [5.41, 5.74) is 1.48. The summed E-state index contributed by atoms with van der Waals surface area (Å²) in [6.07, 6.45) is 3.34. The fraction of sp³-hybridized carbons (Fsp3) is 0.200. The molecule has 0 aliphatic carbocycles. The Morgan fingerprint density at radius 1 is 1.36 bits per heavy atom. The standard InChI is InChI=1S/C10H10S/c1-2-9-7-8-5-3-4-6-10(8)11-9/h2-6H,7H2,1H3/b9-2+. The molecule has 1 aromatic carbocycles. The molecule has 0 fully saturated rings. The van der Waals surface area contributed by atoms with Gasteiger partial charge in [0.2, 0.25) is 0 Å². The first kappa shape index (κ1) is 6.99. The predicted molar refractivity (Wildman–Crippen MR) is 49.8 cm³/mol. The lowest BCUT2D eigenvalue weighted by molar-refractivity contribution is 1.20. The van der Waals surface area contributed by atoms with Crippen LogP contribution in [0.1, 0.15) is 12.5 Å². The summed E-state index contributed by atoms with van der Waals surface area (Å²) in [7, 11) is 0. The van der Waals surface area contributed by atoms with Crippen LogP contribution in [0.3, 0.4) is 0 Å². The average molecular weight is 162 g/mol. The van der Waals surface area contributed by atoms with Crippen molar-refractivity contribution < 1.29 is 0 Å². The normalized spacial score (nSPS) is 18.8. The van der Waals surface area contributed by atoms with Gasteiger partial charge in [-0.05, 0) is 23.5 Å². The van der Waals surface area contributed by atoms with E-state index in [0.29, 0.717) is 0 Å². The summed E-state index contributed by atoms with van der Waals surface area (Å²) >= 11 is 1.90. The molecule has 1 aliphatic rings. The van der Waals surface area contributed by atoms with Crippen LogP contribution in [0.25, 0.3) is 0 Å². The zero-order valence-electron chi connectivity index (χ0n) is 6.50. The molecular formula is C10H10S. The van der Waals surface area contributed by atoms with Crippen LogP contribution in [-0.2, 0) is 6.42 Å². The molecule has 0 N–H and O–H groups in total. The van der Waals surface area contributed by atoms with Crippen molar-refractivity contribution in [1.82, 2.24) is 0 Å². The summed E-state index contributed by atoms with van der Waals surface area (Å²) in [5, 5.41) is 0. The number of hydrogen-bond acceptors (Lipinski definition) is 1. The Morgan fingerprint density at radius 2 is 2.18 bits per heavy atom. The molecule has 11 heavy (non-hydrogen) atoms. The Kier molecular flexibility index (Phi) is 1.74. The van der Waals surface area contributed by atoms with Gasteiger partial charge < -0.3 is 0 Å². The highest BCUT2D eigenvalue weighted by Crippen LogP contribution is 2.39. The van der Waals surface area contributed by atoms with E-state index >= 15 is 0 Å². The van der Waals surface area contributed by atoms with Crippen molar-refractivity contribution in [2.75, 3.05) is 0 Å². The Balaban J connectivity index is 2.41. The van der Waals surface area contributed by atoms with Crippen LogP contribution in [0.15, 0.2) is 40.1 Å². The molecule has 56 valence electrons. The van der Waals surface area contributed by atoms with E-state index in [1.807, 2.05) is 11.8 Å². The van der Waals surface area contributed by atoms with E-state index in [1.54, 1.807) is 0 Å². The van der Waals surface area contributed by atoms with E-state index in [-0.39, 0.29) is 0 Å². The van der Waals surface area contributed by atoms with Crippen LogP contribution in [0.2, 0.25) is 0 Å². The van der Waals surface area contributed by atoms with Gasteiger partial charge in [0.05, 0.1) is 0 Å². The second-order valence-corrected chi connectivity index (χ2v) is 3.81. The first-order valence-corrected chi connectivity index (χ1v) is 4.63. The Morgan fingerprint density at radius 3 is 2.91 bits per heavy atom. The maximum absolute atomic E-state index is 2.21. The molecule has 0 saturated carbocycles. The molecule has 1 heterocycles. The van der Waals surface area contributed by atoms with Crippen molar-refractivity contribution in [3.05, 3.63) is 40.8 Å². The predicted octanol–water partition coefficient (Wildman–Crippen LogP) is 3.24. The molecule has 1 heteroatoms. The number of benzene rings is 1. The van der Waals surface area contributed by atoms with Gasteiger partial charge in [0.25, 0.3) is 0 Å². The lowest BCUT2D eigenvalue weighted by Crippen LogP contribution is -1.76. The molecule has 1 aromatic rings. The minimum atomic E-state index is 1.14. The van der Waals surface area contributed by atoms with Gasteiger partial charge in [0, 0.05) is 11.3 Å². The third kappa shape index (κ3) is 1.21. The topological polar surface area (TPSA) is 0 Å².